The average Bonchev–Trinajstić information content (AvgIpc) is 3.64. The number of aromatic carboxylic acids is 1. The van der Waals surface area contributed by atoms with Gasteiger partial charge >= 0.3 is 5.97 Å². The van der Waals surface area contributed by atoms with Gasteiger partial charge in [0.25, 0.3) is 0 Å². The molecule has 2 saturated carbocycles. The van der Waals surface area contributed by atoms with E-state index in [2.05, 4.69) is 10.6 Å². The first kappa shape index (κ1) is 20.8. The van der Waals surface area contributed by atoms with E-state index < -0.39 is 17.2 Å². The lowest BCUT2D eigenvalue weighted by Crippen LogP contribution is -2.29. The van der Waals surface area contributed by atoms with Crippen LogP contribution in [0.15, 0.2) is 42.6 Å². The van der Waals surface area contributed by atoms with Gasteiger partial charge in [0.05, 0.1) is 11.0 Å². The molecule has 0 atom stereocenters. The number of allylic oxidation sites excluding steroid dienone is 1. The van der Waals surface area contributed by atoms with Crippen molar-refractivity contribution in [1.29, 1.82) is 5.41 Å². The lowest BCUT2D eigenvalue weighted by molar-refractivity contribution is -0.118. The first-order valence-corrected chi connectivity index (χ1v) is 10.3. The number of carboxylic acid groups (broad SMARTS) is 1. The number of rotatable bonds is 8. The van der Waals surface area contributed by atoms with Crippen LogP contribution in [0.4, 0.5) is 10.1 Å². The van der Waals surface area contributed by atoms with Gasteiger partial charge in [0.1, 0.15) is 5.82 Å². The Kier molecular flexibility index (Phi) is 5.35. The van der Waals surface area contributed by atoms with Crippen molar-refractivity contribution in [3.05, 3.63) is 70.7 Å². The molecule has 6 nitrogen and oxygen atoms in total. The molecule has 4 N–H and O–H groups in total. The van der Waals surface area contributed by atoms with Crippen molar-refractivity contribution in [1.82, 2.24) is 5.32 Å². The number of amides is 1. The fourth-order valence-corrected chi connectivity index (χ4v) is 3.71. The molecule has 0 saturated heterocycles. The highest BCUT2D eigenvalue weighted by atomic mass is 19.1. The minimum absolute atomic E-state index is 0.0171. The van der Waals surface area contributed by atoms with Crippen LogP contribution in [-0.4, -0.2) is 29.2 Å². The van der Waals surface area contributed by atoms with Crippen LogP contribution < -0.4 is 10.6 Å². The molecule has 4 rings (SSSR count). The number of nitrogens with one attached hydrogen (secondary N) is 3. The van der Waals surface area contributed by atoms with Crippen LogP contribution in [0, 0.1) is 18.2 Å². The molecule has 0 aliphatic heterocycles. The second-order valence-corrected chi connectivity index (χ2v) is 8.27. The summed E-state index contributed by atoms with van der Waals surface area (Å²) in [6.07, 6.45) is 5.95. The van der Waals surface area contributed by atoms with Crippen molar-refractivity contribution in [2.45, 2.75) is 44.1 Å². The Balaban J connectivity index is 1.59. The molecule has 0 unspecified atom stereocenters. The summed E-state index contributed by atoms with van der Waals surface area (Å²) in [4.78, 5) is 24.8. The minimum atomic E-state index is -1.16. The number of carbonyl (C=O) groups is 2. The molecule has 2 aliphatic carbocycles. The van der Waals surface area contributed by atoms with E-state index in [9.17, 15) is 19.1 Å². The second-order valence-electron chi connectivity index (χ2n) is 8.27. The molecule has 2 fully saturated rings. The molecule has 7 heteroatoms. The number of aryl methyl sites for hydroxylation is 1. The van der Waals surface area contributed by atoms with Crippen molar-refractivity contribution in [3.8, 4) is 0 Å². The van der Waals surface area contributed by atoms with Crippen molar-refractivity contribution < 1.29 is 19.1 Å². The van der Waals surface area contributed by atoms with Crippen LogP contribution in [-0.2, 0) is 10.2 Å². The number of hydrogen-bond acceptors (Lipinski definition) is 4. The van der Waals surface area contributed by atoms with Gasteiger partial charge in [-0.1, -0.05) is 18.2 Å². The third-order valence-electron chi connectivity index (χ3n) is 5.85. The topological polar surface area (TPSA) is 102 Å². The summed E-state index contributed by atoms with van der Waals surface area (Å²) in [5, 5.41) is 23.3. The van der Waals surface area contributed by atoms with Crippen LogP contribution in [0.2, 0.25) is 0 Å². The van der Waals surface area contributed by atoms with Crippen LogP contribution >= 0.6 is 0 Å². The Bertz CT molecular complexity index is 1100. The Hall–Kier alpha value is -3.48. The minimum Gasteiger partial charge on any atom is -0.478 e. The van der Waals surface area contributed by atoms with Crippen molar-refractivity contribution >= 4 is 29.4 Å². The van der Waals surface area contributed by atoms with Gasteiger partial charge in [-0.15, -0.1) is 0 Å². The molecule has 0 bridgehead atoms. The normalized spacial score (nSPS) is 17.0. The van der Waals surface area contributed by atoms with Crippen molar-refractivity contribution in [3.63, 3.8) is 0 Å². The molecular formula is C24H24FN3O3. The molecule has 0 aromatic heterocycles. The molecule has 31 heavy (non-hydrogen) atoms. The molecule has 1 amide bonds. The molecule has 0 radical (unpaired) electrons. The largest absolute Gasteiger partial charge is 0.478 e. The van der Waals surface area contributed by atoms with Gasteiger partial charge in [0.2, 0.25) is 5.91 Å². The Morgan fingerprint density at radius 2 is 1.90 bits per heavy atom. The average molecular weight is 421 g/mol. The smallest absolute Gasteiger partial charge is 0.336 e. The summed E-state index contributed by atoms with van der Waals surface area (Å²) >= 11 is 0. The van der Waals surface area contributed by atoms with Gasteiger partial charge in [-0.25, -0.2) is 9.18 Å². The Morgan fingerprint density at radius 3 is 2.48 bits per heavy atom. The summed E-state index contributed by atoms with van der Waals surface area (Å²) in [7, 11) is 0. The monoisotopic (exact) mass is 421 g/mol. The molecule has 2 aromatic rings. The van der Waals surface area contributed by atoms with E-state index in [1.54, 1.807) is 37.4 Å². The van der Waals surface area contributed by atoms with Crippen molar-refractivity contribution in [2.24, 2.45) is 0 Å². The summed E-state index contributed by atoms with van der Waals surface area (Å²) in [6.45, 7) is 1.79. The van der Waals surface area contributed by atoms with E-state index >= 15 is 0 Å². The third kappa shape index (κ3) is 4.21. The molecule has 2 aromatic carbocycles. The van der Waals surface area contributed by atoms with Crippen LogP contribution in [0.25, 0.3) is 5.57 Å². The molecule has 0 heterocycles. The van der Waals surface area contributed by atoms with E-state index in [-0.39, 0.29) is 11.5 Å². The molecule has 160 valence electrons. The van der Waals surface area contributed by atoms with Gasteiger partial charge in [0.15, 0.2) is 0 Å². The summed E-state index contributed by atoms with van der Waals surface area (Å²) in [6, 6.07) is 9.79. The maximum Gasteiger partial charge on any atom is 0.336 e. The van der Waals surface area contributed by atoms with E-state index in [0.29, 0.717) is 41.3 Å². The third-order valence-corrected chi connectivity index (χ3v) is 5.85. The highest BCUT2D eigenvalue weighted by Gasteiger charge is 2.52. The maximum atomic E-state index is 14.5. The number of carboxylic acids is 1. The Labute approximate surface area is 179 Å². The number of halogens is 1. The quantitative estimate of drug-likeness (QED) is 0.479. The zero-order valence-corrected chi connectivity index (χ0v) is 17.2. The van der Waals surface area contributed by atoms with E-state index in [1.807, 2.05) is 0 Å². The van der Waals surface area contributed by atoms with E-state index in [0.717, 1.165) is 24.6 Å². The zero-order valence-electron chi connectivity index (χ0n) is 17.2. The van der Waals surface area contributed by atoms with E-state index in [4.69, 9.17) is 5.41 Å². The summed E-state index contributed by atoms with van der Waals surface area (Å²) in [5.74, 6) is -1.91. The Morgan fingerprint density at radius 1 is 1.16 bits per heavy atom. The molecule has 2 aliphatic rings. The number of hydrogen-bond donors (Lipinski definition) is 4. The van der Waals surface area contributed by atoms with Gasteiger partial charge in [-0.3, -0.25) is 4.79 Å². The van der Waals surface area contributed by atoms with Gasteiger partial charge in [-0.2, -0.15) is 0 Å². The summed E-state index contributed by atoms with van der Waals surface area (Å²) in [5.41, 5.74) is 1.37. The van der Waals surface area contributed by atoms with Crippen molar-refractivity contribution in [2.75, 3.05) is 5.32 Å². The van der Waals surface area contributed by atoms with E-state index in [1.165, 1.54) is 12.1 Å². The predicted molar refractivity (Wildman–Crippen MR) is 117 cm³/mol. The first-order chi connectivity index (χ1) is 14.8. The molecular weight excluding hydrogens is 397 g/mol. The van der Waals surface area contributed by atoms with Gasteiger partial charge in [0, 0.05) is 35.3 Å². The fraction of sp³-hybridized carbons (Fsp3) is 0.292. The SMILES string of the molecule is Cc1ccc(C2(C(=O)Nc3ccc(/C(C=N)=C/NC4CC4)c(C(=O)O)c3)CC2)c(F)c1. The first-order valence-electron chi connectivity index (χ1n) is 10.3. The highest BCUT2D eigenvalue weighted by Crippen LogP contribution is 2.50. The van der Waals surface area contributed by atoms with Crippen LogP contribution in [0.1, 0.15) is 52.7 Å². The number of anilines is 1. The highest BCUT2D eigenvalue weighted by molar-refractivity contribution is 6.12. The predicted octanol–water partition coefficient (Wildman–Crippen LogP) is 4.25. The fourth-order valence-electron chi connectivity index (χ4n) is 3.71. The van der Waals surface area contributed by atoms with Gasteiger partial charge in [-0.05, 0) is 61.9 Å². The van der Waals surface area contributed by atoms with Crippen LogP contribution in [0.5, 0.6) is 0 Å². The zero-order chi connectivity index (χ0) is 22.2. The lowest BCUT2D eigenvalue weighted by atomic mass is 9.93. The number of carbonyl (C=O) groups excluding carboxylic acids is 1. The second kappa shape index (κ2) is 7.98. The molecule has 0 spiro atoms. The standard InChI is InChI=1S/C24H24FN3O3/c1-14-2-7-20(21(25)10-14)24(8-9-24)23(31)28-17-5-6-18(19(11-17)22(29)30)15(12-26)13-27-16-3-4-16/h2,5-7,10-13,16,26-27H,3-4,8-9H2,1H3,(H,28,31)(H,29,30)/b15-13+,26-12?. The van der Waals surface area contributed by atoms with Gasteiger partial charge < -0.3 is 21.1 Å². The van der Waals surface area contributed by atoms with Crippen LogP contribution in [0.3, 0.4) is 0 Å². The maximum absolute atomic E-state index is 14.5. The summed E-state index contributed by atoms with van der Waals surface area (Å²) < 4.78 is 14.5. The lowest BCUT2D eigenvalue weighted by Gasteiger charge is -2.18. The number of benzene rings is 2.